The standard InChI is InChI=1S/C13H14F3N3O/c1-3-6-19(7(2)20)13-10(15)11(17-8-4-5-8)9(14)12(16)18-13/h3,8H,1,4-6H2,2H3,(H,17,18). The van der Waals surface area contributed by atoms with Crippen molar-refractivity contribution in [1.29, 1.82) is 0 Å². The van der Waals surface area contributed by atoms with Crippen molar-refractivity contribution in [3.8, 4) is 0 Å². The van der Waals surface area contributed by atoms with E-state index in [1.807, 2.05) is 0 Å². The number of halogens is 3. The van der Waals surface area contributed by atoms with E-state index in [4.69, 9.17) is 0 Å². The van der Waals surface area contributed by atoms with E-state index < -0.39 is 35.0 Å². The molecule has 0 atom stereocenters. The van der Waals surface area contributed by atoms with Gasteiger partial charge in [-0.05, 0) is 12.8 Å². The smallest absolute Gasteiger partial charge is 0.253 e. The maximum absolute atomic E-state index is 14.3. The quantitative estimate of drug-likeness (QED) is 0.668. The van der Waals surface area contributed by atoms with Crippen molar-refractivity contribution in [2.45, 2.75) is 25.8 Å². The zero-order valence-electron chi connectivity index (χ0n) is 10.9. The second-order valence-electron chi connectivity index (χ2n) is 4.57. The molecule has 108 valence electrons. The largest absolute Gasteiger partial charge is 0.377 e. The summed E-state index contributed by atoms with van der Waals surface area (Å²) < 4.78 is 41.4. The van der Waals surface area contributed by atoms with Crippen molar-refractivity contribution in [1.82, 2.24) is 4.98 Å². The molecular formula is C13H14F3N3O. The average Bonchev–Trinajstić information content (AvgIpc) is 3.20. The lowest BCUT2D eigenvalue weighted by Crippen LogP contribution is -2.31. The highest BCUT2D eigenvalue weighted by atomic mass is 19.2. The number of nitrogens with zero attached hydrogens (tertiary/aromatic N) is 2. The van der Waals surface area contributed by atoms with Gasteiger partial charge in [-0.15, -0.1) is 6.58 Å². The summed E-state index contributed by atoms with van der Waals surface area (Å²) >= 11 is 0. The van der Waals surface area contributed by atoms with Crippen LogP contribution in [0.4, 0.5) is 24.7 Å². The molecule has 0 aliphatic heterocycles. The fourth-order valence-corrected chi connectivity index (χ4v) is 1.73. The number of amides is 1. The zero-order chi connectivity index (χ0) is 14.9. The van der Waals surface area contributed by atoms with Gasteiger partial charge in [0.2, 0.25) is 11.7 Å². The molecule has 1 aliphatic rings. The first-order valence-corrected chi connectivity index (χ1v) is 6.15. The van der Waals surface area contributed by atoms with Crippen LogP contribution in [0.3, 0.4) is 0 Å². The number of nitrogens with one attached hydrogen (secondary N) is 1. The molecule has 7 heteroatoms. The number of carbonyl (C=O) groups excluding carboxylic acids is 1. The van der Waals surface area contributed by atoms with E-state index in [0.717, 1.165) is 17.7 Å². The van der Waals surface area contributed by atoms with Crippen LogP contribution in [0.15, 0.2) is 12.7 Å². The van der Waals surface area contributed by atoms with Crippen molar-refractivity contribution in [3.63, 3.8) is 0 Å². The molecule has 1 fully saturated rings. The van der Waals surface area contributed by atoms with Gasteiger partial charge in [-0.25, -0.2) is 4.39 Å². The van der Waals surface area contributed by atoms with Crippen molar-refractivity contribution in [3.05, 3.63) is 30.2 Å². The van der Waals surface area contributed by atoms with Crippen LogP contribution in [0.25, 0.3) is 0 Å². The highest BCUT2D eigenvalue weighted by molar-refractivity contribution is 5.91. The van der Waals surface area contributed by atoms with Gasteiger partial charge in [0.15, 0.2) is 11.6 Å². The lowest BCUT2D eigenvalue weighted by atomic mass is 10.3. The number of rotatable bonds is 5. The summed E-state index contributed by atoms with van der Waals surface area (Å²) in [4.78, 5) is 15.6. The van der Waals surface area contributed by atoms with E-state index in [1.165, 1.54) is 13.0 Å². The predicted octanol–water partition coefficient (Wildman–Crippen LogP) is 2.61. The minimum absolute atomic E-state index is 0.0484. The summed E-state index contributed by atoms with van der Waals surface area (Å²) in [6.07, 6.45) is 2.88. The first-order valence-electron chi connectivity index (χ1n) is 6.15. The molecule has 1 aliphatic carbocycles. The van der Waals surface area contributed by atoms with Gasteiger partial charge in [0.1, 0.15) is 5.69 Å². The van der Waals surface area contributed by atoms with Crippen LogP contribution in [0.1, 0.15) is 19.8 Å². The van der Waals surface area contributed by atoms with Crippen molar-refractivity contribution in [2.75, 3.05) is 16.8 Å². The Morgan fingerprint density at radius 1 is 1.45 bits per heavy atom. The molecule has 0 spiro atoms. The van der Waals surface area contributed by atoms with Gasteiger partial charge in [0.05, 0.1) is 0 Å². The summed E-state index contributed by atoms with van der Waals surface area (Å²) in [7, 11) is 0. The van der Waals surface area contributed by atoms with Gasteiger partial charge >= 0.3 is 0 Å². The third kappa shape index (κ3) is 2.76. The molecule has 0 saturated heterocycles. The first kappa shape index (κ1) is 14.4. The number of pyridine rings is 1. The molecule has 0 radical (unpaired) electrons. The molecule has 1 aromatic rings. The SMILES string of the molecule is C=CCN(C(C)=O)c1nc(F)c(F)c(NC2CC2)c1F. The highest BCUT2D eigenvalue weighted by Crippen LogP contribution is 2.32. The van der Waals surface area contributed by atoms with E-state index >= 15 is 0 Å². The molecule has 4 nitrogen and oxygen atoms in total. The van der Waals surface area contributed by atoms with Gasteiger partial charge in [-0.1, -0.05) is 6.08 Å². The van der Waals surface area contributed by atoms with Crippen LogP contribution in [0.2, 0.25) is 0 Å². The Labute approximate surface area is 114 Å². The monoisotopic (exact) mass is 285 g/mol. The maximum atomic E-state index is 14.3. The van der Waals surface area contributed by atoms with Crippen LogP contribution < -0.4 is 10.2 Å². The average molecular weight is 285 g/mol. The van der Waals surface area contributed by atoms with E-state index in [0.29, 0.717) is 0 Å². The lowest BCUT2D eigenvalue weighted by Gasteiger charge is -2.20. The minimum atomic E-state index is -1.44. The first-order chi connectivity index (χ1) is 9.45. The van der Waals surface area contributed by atoms with Crippen LogP contribution in [0.5, 0.6) is 0 Å². The number of anilines is 2. The van der Waals surface area contributed by atoms with Gasteiger partial charge in [-0.2, -0.15) is 13.8 Å². The fraction of sp³-hybridized carbons (Fsp3) is 0.385. The Hall–Kier alpha value is -2.05. The second-order valence-corrected chi connectivity index (χ2v) is 4.57. The Balaban J connectivity index is 2.48. The third-order valence-electron chi connectivity index (χ3n) is 2.89. The second kappa shape index (κ2) is 5.52. The van der Waals surface area contributed by atoms with E-state index in [2.05, 4.69) is 16.9 Å². The van der Waals surface area contributed by atoms with Crippen LogP contribution in [-0.4, -0.2) is 23.5 Å². The van der Waals surface area contributed by atoms with Gasteiger partial charge in [-0.3, -0.25) is 9.69 Å². The summed E-state index contributed by atoms with van der Waals surface area (Å²) in [5, 5.41) is 2.58. The van der Waals surface area contributed by atoms with E-state index in [-0.39, 0.29) is 12.6 Å². The zero-order valence-corrected chi connectivity index (χ0v) is 10.9. The molecule has 1 saturated carbocycles. The Bertz CT molecular complexity index is 558. The molecule has 2 rings (SSSR count). The van der Waals surface area contributed by atoms with Crippen LogP contribution in [0, 0.1) is 17.6 Å². The highest BCUT2D eigenvalue weighted by Gasteiger charge is 2.29. The Morgan fingerprint density at radius 2 is 2.10 bits per heavy atom. The summed E-state index contributed by atoms with van der Waals surface area (Å²) in [5.41, 5.74) is -0.578. The molecule has 0 bridgehead atoms. The van der Waals surface area contributed by atoms with Crippen molar-refractivity contribution >= 4 is 17.4 Å². The van der Waals surface area contributed by atoms with Gasteiger partial charge in [0, 0.05) is 19.5 Å². The van der Waals surface area contributed by atoms with Gasteiger partial charge in [0.25, 0.3) is 5.95 Å². The summed E-state index contributed by atoms with van der Waals surface area (Å²) in [5.74, 6) is -4.98. The maximum Gasteiger partial charge on any atom is 0.253 e. The Kier molecular flexibility index (Phi) is 3.96. The van der Waals surface area contributed by atoms with E-state index in [9.17, 15) is 18.0 Å². The number of hydrogen-bond acceptors (Lipinski definition) is 3. The summed E-state index contributed by atoms with van der Waals surface area (Å²) in [6, 6.07) is -0.0705. The van der Waals surface area contributed by atoms with Gasteiger partial charge < -0.3 is 5.32 Å². The predicted molar refractivity (Wildman–Crippen MR) is 69.0 cm³/mol. The van der Waals surface area contributed by atoms with Crippen molar-refractivity contribution in [2.24, 2.45) is 0 Å². The molecule has 1 heterocycles. The van der Waals surface area contributed by atoms with Crippen molar-refractivity contribution < 1.29 is 18.0 Å². The topological polar surface area (TPSA) is 45.2 Å². The Morgan fingerprint density at radius 3 is 2.60 bits per heavy atom. The molecule has 20 heavy (non-hydrogen) atoms. The third-order valence-corrected chi connectivity index (χ3v) is 2.89. The molecule has 1 amide bonds. The molecular weight excluding hydrogens is 271 g/mol. The normalized spacial score (nSPS) is 14.0. The van der Waals surface area contributed by atoms with Crippen LogP contribution in [-0.2, 0) is 4.79 Å². The minimum Gasteiger partial charge on any atom is -0.377 e. The van der Waals surface area contributed by atoms with E-state index in [1.54, 1.807) is 0 Å². The number of aromatic nitrogens is 1. The molecule has 1 aromatic heterocycles. The lowest BCUT2D eigenvalue weighted by molar-refractivity contribution is -0.116. The summed E-state index contributed by atoms with van der Waals surface area (Å²) in [6.45, 7) is 4.56. The number of hydrogen-bond donors (Lipinski definition) is 1. The molecule has 0 aromatic carbocycles. The molecule has 1 N–H and O–H groups in total. The number of carbonyl (C=O) groups is 1. The molecule has 0 unspecified atom stereocenters. The van der Waals surface area contributed by atoms with Crippen LogP contribution >= 0.6 is 0 Å². The fourth-order valence-electron chi connectivity index (χ4n) is 1.73.